The van der Waals surface area contributed by atoms with E-state index < -0.39 is 0 Å². The van der Waals surface area contributed by atoms with E-state index in [-0.39, 0.29) is 11.0 Å². The smallest absolute Gasteiger partial charge is 0.248 e. The number of hydrogen-bond acceptors (Lipinski definition) is 2. The number of H-pyrrole nitrogens is 1. The molecular formula is C19H17NO2. The van der Waals surface area contributed by atoms with Crippen molar-refractivity contribution >= 4 is 32.5 Å². The number of aromatic amines is 1. The third-order valence-corrected chi connectivity index (χ3v) is 4.15. The molecule has 2 aromatic heterocycles. The second kappa shape index (κ2) is 4.23. The fourth-order valence-electron chi connectivity index (χ4n) is 2.99. The SMILES string of the molecule is CC(C)(C)c1cc2c3cc(=O)[nH]cc3c3ccccc3c2o1. The van der Waals surface area contributed by atoms with Gasteiger partial charge in [0.05, 0.1) is 0 Å². The van der Waals surface area contributed by atoms with Crippen LogP contribution in [-0.4, -0.2) is 4.98 Å². The van der Waals surface area contributed by atoms with Crippen molar-refractivity contribution in [3.05, 3.63) is 58.7 Å². The number of hydrogen-bond donors (Lipinski definition) is 1. The zero-order chi connectivity index (χ0) is 15.5. The molecule has 4 aromatic rings. The lowest BCUT2D eigenvalue weighted by Crippen LogP contribution is -2.08. The summed E-state index contributed by atoms with van der Waals surface area (Å²) in [7, 11) is 0. The molecule has 2 heterocycles. The zero-order valence-corrected chi connectivity index (χ0v) is 12.9. The fourth-order valence-corrected chi connectivity index (χ4v) is 2.99. The van der Waals surface area contributed by atoms with Crippen LogP contribution in [0.5, 0.6) is 0 Å². The lowest BCUT2D eigenvalue weighted by molar-refractivity contribution is 0.431. The molecule has 0 aliphatic carbocycles. The van der Waals surface area contributed by atoms with Gasteiger partial charge in [-0.25, -0.2) is 0 Å². The molecule has 0 atom stereocenters. The average Bonchev–Trinajstić information content (AvgIpc) is 2.93. The molecule has 0 radical (unpaired) electrons. The van der Waals surface area contributed by atoms with Crippen LogP contribution in [0.15, 0.2) is 51.8 Å². The summed E-state index contributed by atoms with van der Waals surface area (Å²) in [6, 6.07) is 11.9. The quantitative estimate of drug-likeness (QED) is 0.476. The Morgan fingerprint density at radius 2 is 1.64 bits per heavy atom. The number of benzene rings is 2. The molecule has 1 N–H and O–H groups in total. The van der Waals surface area contributed by atoms with Crippen molar-refractivity contribution in [2.24, 2.45) is 0 Å². The van der Waals surface area contributed by atoms with Crippen molar-refractivity contribution in [1.29, 1.82) is 0 Å². The molecule has 0 saturated carbocycles. The monoisotopic (exact) mass is 291 g/mol. The maximum atomic E-state index is 11.8. The molecule has 0 amide bonds. The second-order valence-corrected chi connectivity index (χ2v) is 6.77. The number of nitrogens with one attached hydrogen (secondary N) is 1. The molecule has 3 nitrogen and oxygen atoms in total. The number of aromatic nitrogens is 1. The van der Waals surface area contributed by atoms with Crippen molar-refractivity contribution in [3.8, 4) is 0 Å². The van der Waals surface area contributed by atoms with Crippen LogP contribution < -0.4 is 5.56 Å². The van der Waals surface area contributed by atoms with E-state index >= 15 is 0 Å². The summed E-state index contributed by atoms with van der Waals surface area (Å²) in [5.41, 5.74) is 0.689. The number of rotatable bonds is 0. The van der Waals surface area contributed by atoms with Gasteiger partial charge in [0.2, 0.25) is 5.56 Å². The molecule has 0 unspecified atom stereocenters. The molecule has 4 rings (SSSR count). The highest BCUT2D eigenvalue weighted by molar-refractivity contribution is 6.23. The van der Waals surface area contributed by atoms with Gasteiger partial charge < -0.3 is 9.40 Å². The highest BCUT2D eigenvalue weighted by atomic mass is 16.3. The maximum Gasteiger partial charge on any atom is 0.248 e. The van der Waals surface area contributed by atoms with Gasteiger partial charge in [-0.05, 0) is 11.5 Å². The first-order chi connectivity index (χ1) is 10.4. The van der Waals surface area contributed by atoms with Gasteiger partial charge in [-0.15, -0.1) is 0 Å². The normalized spacial score (nSPS) is 12.5. The Bertz CT molecular complexity index is 1080. The van der Waals surface area contributed by atoms with E-state index in [4.69, 9.17) is 4.42 Å². The summed E-state index contributed by atoms with van der Waals surface area (Å²) < 4.78 is 6.18. The van der Waals surface area contributed by atoms with E-state index in [1.54, 1.807) is 12.3 Å². The third kappa shape index (κ3) is 1.78. The van der Waals surface area contributed by atoms with Gasteiger partial charge in [0.1, 0.15) is 11.3 Å². The Balaban J connectivity index is 2.32. The zero-order valence-electron chi connectivity index (χ0n) is 12.9. The summed E-state index contributed by atoms with van der Waals surface area (Å²) in [6.45, 7) is 6.38. The molecule has 0 aliphatic heterocycles. The van der Waals surface area contributed by atoms with E-state index in [0.29, 0.717) is 0 Å². The fraction of sp³-hybridized carbons (Fsp3) is 0.211. The first kappa shape index (κ1) is 13.1. The Hall–Kier alpha value is -2.55. The minimum atomic E-state index is -0.0948. The molecule has 110 valence electrons. The van der Waals surface area contributed by atoms with Gasteiger partial charge in [-0.3, -0.25) is 4.79 Å². The van der Waals surface area contributed by atoms with E-state index in [1.807, 2.05) is 12.1 Å². The number of fused-ring (bicyclic) bond motifs is 6. The predicted molar refractivity (Wildman–Crippen MR) is 90.5 cm³/mol. The summed E-state index contributed by atoms with van der Waals surface area (Å²) in [4.78, 5) is 14.6. The summed E-state index contributed by atoms with van der Waals surface area (Å²) in [5.74, 6) is 0.931. The minimum absolute atomic E-state index is 0.0757. The van der Waals surface area contributed by atoms with Crippen LogP contribution in [0.1, 0.15) is 26.5 Å². The Kier molecular flexibility index (Phi) is 2.52. The molecule has 0 fully saturated rings. The molecule has 22 heavy (non-hydrogen) atoms. The van der Waals surface area contributed by atoms with Gasteiger partial charge in [0.25, 0.3) is 0 Å². The highest BCUT2D eigenvalue weighted by Gasteiger charge is 2.21. The van der Waals surface area contributed by atoms with E-state index in [0.717, 1.165) is 38.3 Å². The summed E-state index contributed by atoms with van der Waals surface area (Å²) >= 11 is 0. The van der Waals surface area contributed by atoms with Gasteiger partial charge >= 0.3 is 0 Å². The van der Waals surface area contributed by atoms with Crippen LogP contribution in [0, 0.1) is 0 Å². The van der Waals surface area contributed by atoms with E-state index in [1.165, 1.54) is 0 Å². The summed E-state index contributed by atoms with van der Waals surface area (Å²) in [5, 5.41) is 5.16. The second-order valence-electron chi connectivity index (χ2n) is 6.77. The topological polar surface area (TPSA) is 46.0 Å². The highest BCUT2D eigenvalue weighted by Crippen LogP contribution is 2.38. The number of furan rings is 1. The Labute approximate surface area is 127 Å². The Morgan fingerprint density at radius 3 is 2.36 bits per heavy atom. The molecule has 0 bridgehead atoms. The first-order valence-corrected chi connectivity index (χ1v) is 7.42. The average molecular weight is 291 g/mol. The molecule has 2 aromatic carbocycles. The van der Waals surface area contributed by atoms with Crippen molar-refractivity contribution in [3.63, 3.8) is 0 Å². The van der Waals surface area contributed by atoms with Gasteiger partial charge in [-0.1, -0.05) is 45.0 Å². The van der Waals surface area contributed by atoms with Crippen LogP contribution in [0.25, 0.3) is 32.5 Å². The van der Waals surface area contributed by atoms with Crippen molar-refractivity contribution in [2.45, 2.75) is 26.2 Å². The van der Waals surface area contributed by atoms with Crippen molar-refractivity contribution in [2.75, 3.05) is 0 Å². The van der Waals surface area contributed by atoms with Crippen LogP contribution >= 0.6 is 0 Å². The maximum absolute atomic E-state index is 11.8. The molecule has 0 saturated heterocycles. The first-order valence-electron chi connectivity index (χ1n) is 7.42. The molecule has 3 heteroatoms. The standard InChI is InChI=1S/C19H17NO2/c1-19(2,3)16-8-14-13-9-17(21)20-10-15(13)11-6-4-5-7-12(11)18(14)22-16/h4-10H,1-3H3,(H,20,21). The van der Waals surface area contributed by atoms with Crippen LogP contribution in [0.2, 0.25) is 0 Å². The Morgan fingerprint density at radius 1 is 0.909 bits per heavy atom. The van der Waals surface area contributed by atoms with Gasteiger partial charge in [-0.2, -0.15) is 0 Å². The lowest BCUT2D eigenvalue weighted by Gasteiger charge is -2.13. The molecular weight excluding hydrogens is 274 g/mol. The van der Waals surface area contributed by atoms with Crippen molar-refractivity contribution in [1.82, 2.24) is 4.98 Å². The van der Waals surface area contributed by atoms with Crippen molar-refractivity contribution < 1.29 is 4.42 Å². The van der Waals surface area contributed by atoms with E-state index in [2.05, 4.69) is 44.0 Å². The predicted octanol–water partition coefficient (Wildman–Crippen LogP) is 4.73. The van der Waals surface area contributed by atoms with E-state index in [9.17, 15) is 4.79 Å². The van der Waals surface area contributed by atoms with Gasteiger partial charge in [0, 0.05) is 39.2 Å². The third-order valence-electron chi connectivity index (χ3n) is 4.15. The van der Waals surface area contributed by atoms with Gasteiger partial charge in [0.15, 0.2) is 0 Å². The van der Waals surface area contributed by atoms with Crippen LogP contribution in [0.3, 0.4) is 0 Å². The molecule has 0 aliphatic rings. The van der Waals surface area contributed by atoms with Crippen LogP contribution in [-0.2, 0) is 5.41 Å². The minimum Gasteiger partial charge on any atom is -0.460 e. The summed E-state index contributed by atoms with van der Waals surface area (Å²) in [6.07, 6.45) is 1.79. The molecule has 0 spiro atoms. The lowest BCUT2D eigenvalue weighted by atomic mass is 9.92. The van der Waals surface area contributed by atoms with Crippen LogP contribution in [0.4, 0.5) is 0 Å². The largest absolute Gasteiger partial charge is 0.460 e. The number of pyridine rings is 1.